The van der Waals surface area contributed by atoms with Gasteiger partial charge in [-0.3, -0.25) is 4.98 Å². The van der Waals surface area contributed by atoms with E-state index < -0.39 is 17.7 Å². The molecule has 2 rings (SSSR count). The van der Waals surface area contributed by atoms with E-state index in [-0.39, 0.29) is 22.6 Å². The molecule has 0 saturated heterocycles. The molecule has 0 amide bonds. The molecular weight excluding hydrogens is 311 g/mol. The van der Waals surface area contributed by atoms with Crippen LogP contribution in [0.2, 0.25) is 0 Å². The van der Waals surface area contributed by atoms with E-state index in [1.807, 2.05) is 0 Å². The first-order valence-corrected chi connectivity index (χ1v) is 6.58. The summed E-state index contributed by atoms with van der Waals surface area (Å²) in [7, 11) is 2.48. The topological polar surface area (TPSA) is 48.4 Å². The zero-order chi connectivity index (χ0) is 17.2. The van der Waals surface area contributed by atoms with Crippen molar-refractivity contribution in [2.45, 2.75) is 13.1 Å². The minimum absolute atomic E-state index is 0.0265. The summed E-state index contributed by atoms with van der Waals surface area (Å²) in [6.45, 7) is 1.74. The van der Waals surface area contributed by atoms with Crippen LogP contribution in [-0.4, -0.2) is 25.2 Å². The third-order valence-electron chi connectivity index (χ3n) is 3.21. The summed E-state index contributed by atoms with van der Waals surface area (Å²) < 4.78 is 48.2. The number of alkyl halides is 3. The Morgan fingerprint density at radius 2 is 1.87 bits per heavy atom. The van der Waals surface area contributed by atoms with E-state index in [2.05, 4.69) is 4.98 Å². The van der Waals surface area contributed by atoms with Crippen LogP contribution in [0.3, 0.4) is 0 Å². The van der Waals surface area contributed by atoms with Gasteiger partial charge in [0.1, 0.15) is 5.75 Å². The molecule has 0 bridgehead atoms. The number of ether oxygens (including phenoxy) is 2. The Morgan fingerprint density at radius 3 is 2.43 bits per heavy atom. The summed E-state index contributed by atoms with van der Waals surface area (Å²) in [6, 6.07) is 4.58. The van der Waals surface area contributed by atoms with E-state index >= 15 is 0 Å². The van der Waals surface area contributed by atoms with Crippen LogP contribution in [-0.2, 0) is 10.9 Å². The largest absolute Gasteiger partial charge is 0.496 e. The van der Waals surface area contributed by atoms with Gasteiger partial charge in [-0.1, -0.05) is 0 Å². The molecule has 0 unspecified atom stereocenters. The highest BCUT2D eigenvalue weighted by Crippen LogP contribution is 2.37. The average Bonchev–Trinajstić information content (AvgIpc) is 2.52. The van der Waals surface area contributed by atoms with Gasteiger partial charge in [0, 0.05) is 11.8 Å². The Hall–Kier alpha value is -2.57. The molecular formula is C16H14F3NO3. The van der Waals surface area contributed by atoms with E-state index in [0.29, 0.717) is 0 Å². The molecule has 0 aliphatic rings. The first-order chi connectivity index (χ1) is 10.8. The monoisotopic (exact) mass is 325 g/mol. The molecule has 0 N–H and O–H groups in total. The van der Waals surface area contributed by atoms with Crippen molar-refractivity contribution in [1.82, 2.24) is 4.98 Å². The number of hydrogen-bond donors (Lipinski definition) is 0. The van der Waals surface area contributed by atoms with Gasteiger partial charge in [0.15, 0.2) is 0 Å². The van der Waals surface area contributed by atoms with Crippen molar-refractivity contribution in [3.8, 4) is 17.0 Å². The number of carbonyl (C=O) groups is 1. The van der Waals surface area contributed by atoms with E-state index in [4.69, 9.17) is 9.47 Å². The van der Waals surface area contributed by atoms with Crippen LogP contribution in [0.15, 0.2) is 30.5 Å². The molecule has 4 nitrogen and oxygen atoms in total. The van der Waals surface area contributed by atoms with Crippen LogP contribution < -0.4 is 4.74 Å². The standard InChI is InChI=1S/C16H14F3NO3/c1-9-6-12(15(21)23-3)14(20-8-9)11-5-4-10(16(17,18)19)7-13(11)22-2/h4-8H,1-3H3. The fourth-order valence-corrected chi connectivity index (χ4v) is 2.11. The van der Waals surface area contributed by atoms with Gasteiger partial charge in [-0.2, -0.15) is 13.2 Å². The molecule has 0 spiro atoms. The molecule has 0 atom stereocenters. The molecule has 1 heterocycles. The Morgan fingerprint density at radius 1 is 1.17 bits per heavy atom. The van der Waals surface area contributed by atoms with Crippen LogP contribution in [0.25, 0.3) is 11.3 Å². The van der Waals surface area contributed by atoms with Gasteiger partial charge in [0.05, 0.1) is 31.0 Å². The molecule has 0 aliphatic heterocycles. The number of esters is 1. The van der Waals surface area contributed by atoms with Crippen LogP contribution in [0.5, 0.6) is 5.75 Å². The van der Waals surface area contributed by atoms with Crippen molar-refractivity contribution in [2.24, 2.45) is 0 Å². The van der Waals surface area contributed by atoms with E-state index in [1.165, 1.54) is 26.5 Å². The molecule has 0 radical (unpaired) electrons. The first kappa shape index (κ1) is 16.8. The minimum atomic E-state index is -4.49. The number of hydrogen-bond acceptors (Lipinski definition) is 4. The van der Waals surface area contributed by atoms with Gasteiger partial charge < -0.3 is 9.47 Å². The van der Waals surface area contributed by atoms with Gasteiger partial charge in [-0.25, -0.2) is 4.79 Å². The van der Waals surface area contributed by atoms with Crippen molar-refractivity contribution in [3.63, 3.8) is 0 Å². The molecule has 1 aromatic heterocycles. The van der Waals surface area contributed by atoms with Crippen LogP contribution in [0.4, 0.5) is 13.2 Å². The summed E-state index contributed by atoms with van der Waals surface area (Å²) in [5.41, 5.74) is 0.518. The Labute approximate surface area is 130 Å². The van der Waals surface area contributed by atoms with Crippen LogP contribution in [0, 0.1) is 6.92 Å². The minimum Gasteiger partial charge on any atom is -0.496 e. The predicted molar refractivity (Wildman–Crippen MR) is 77.3 cm³/mol. The summed E-state index contributed by atoms with van der Waals surface area (Å²) >= 11 is 0. The van der Waals surface area contributed by atoms with Crippen molar-refractivity contribution in [2.75, 3.05) is 14.2 Å². The van der Waals surface area contributed by atoms with Crippen molar-refractivity contribution >= 4 is 5.97 Å². The number of pyridine rings is 1. The normalized spacial score (nSPS) is 11.2. The molecule has 2 aromatic rings. The molecule has 0 saturated carbocycles. The molecule has 23 heavy (non-hydrogen) atoms. The number of nitrogens with zero attached hydrogens (tertiary/aromatic N) is 1. The molecule has 0 fully saturated rings. The third-order valence-corrected chi connectivity index (χ3v) is 3.21. The second-order valence-electron chi connectivity index (χ2n) is 4.81. The lowest BCUT2D eigenvalue weighted by molar-refractivity contribution is -0.137. The second-order valence-corrected chi connectivity index (χ2v) is 4.81. The maximum atomic E-state index is 12.8. The predicted octanol–water partition coefficient (Wildman–Crippen LogP) is 3.87. The zero-order valence-corrected chi connectivity index (χ0v) is 12.7. The van der Waals surface area contributed by atoms with Crippen molar-refractivity contribution in [1.29, 1.82) is 0 Å². The van der Waals surface area contributed by atoms with Gasteiger partial charge in [0.25, 0.3) is 0 Å². The lowest BCUT2D eigenvalue weighted by Crippen LogP contribution is -2.08. The number of methoxy groups -OCH3 is 2. The molecule has 0 aliphatic carbocycles. The number of aryl methyl sites for hydroxylation is 1. The van der Waals surface area contributed by atoms with Crippen molar-refractivity contribution < 1.29 is 27.4 Å². The van der Waals surface area contributed by atoms with Crippen LogP contribution >= 0.6 is 0 Å². The maximum Gasteiger partial charge on any atom is 0.416 e. The number of rotatable bonds is 3. The van der Waals surface area contributed by atoms with E-state index in [1.54, 1.807) is 13.0 Å². The average molecular weight is 325 g/mol. The molecule has 1 aromatic carbocycles. The number of carbonyl (C=O) groups excluding carboxylic acids is 1. The fraction of sp³-hybridized carbons (Fsp3) is 0.250. The van der Waals surface area contributed by atoms with Gasteiger partial charge in [0.2, 0.25) is 0 Å². The maximum absolute atomic E-state index is 12.8. The quantitative estimate of drug-likeness (QED) is 0.804. The molecule has 7 heteroatoms. The summed E-state index contributed by atoms with van der Waals surface area (Å²) in [6.07, 6.45) is -2.98. The van der Waals surface area contributed by atoms with Crippen LogP contribution in [0.1, 0.15) is 21.5 Å². The highest BCUT2D eigenvalue weighted by Gasteiger charge is 2.31. The summed E-state index contributed by atoms with van der Waals surface area (Å²) in [5.74, 6) is -0.653. The van der Waals surface area contributed by atoms with Gasteiger partial charge in [-0.15, -0.1) is 0 Å². The van der Waals surface area contributed by atoms with E-state index in [0.717, 1.165) is 17.7 Å². The highest BCUT2D eigenvalue weighted by molar-refractivity contribution is 5.97. The second kappa shape index (κ2) is 6.28. The first-order valence-electron chi connectivity index (χ1n) is 6.58. The smallest absolute Gasteiger partial charge is 0.416 e. The van der Waals surface area contributed by atoms with Gasteiger partial charge >= 0.3 is 12.1 Å². The van der Waals surface area contributed by atoms with Gasteiger partial charge in [-0.05, 0) is 36.8 Å². The van der Waals surface area contributed by atoms with Crippen molar-refractivity contribution in [3.05, 3.63) is 47.2 Å². The summed E-state index contributed by atoms with van der Waals surface area (Å²) in [5, 5.41) is 0. The Bertz CT molecular complexity index is 742. The SMILES string of the molecule is COC(=O)c1cc(C)cnc1-c1ccc(C(F)(F)F)cc1OC. The zero-order valence-electron chi connectivity index (χ0n) is 12.7. The third kappa shape index (κ3) is 3.44. The lowest BCUT2D eigenvalue weighted by atomic mass is 10.0. The summed E-state index contributed by atoms with van der Waals surface area (Å²) in [4.78, 5) is 16.1. The van der Waals surface area contributed by atoms with E-state index in [9.17, 15) is 18.0 Å². The molecule has 122 valence electrons. The fourth-order valence-electron chi connectivity index (χ4n) is 2.11. The Kier molecular flexibility index (Phi) is 4.58. The number of aromatic nitrogens is 1. The Balaban J connectivity index is 2.65. The number of halogens is 3. The number of benzene rings is 1. The lowest BCUT2D eigenvalue weighted by Gasteiger charge is -2.14. The highest BCUT2D eigenvalue weighted by atomic mass is 19.4.